The molecule has 2 aromatic carbocycles. The second-order valence-corrected chi connectivity index (χ2v) is 9.94. The van der Waals surface area contributed by atoms with Crippen molar-refractivity contribution >= 4 is 17.5 Å². The van der Waals surface area contributed by atoms with Crippen molar-refractivity contribution in [2.75, 3.05) is 20.2 Å². The summed E-state index contributed by atoms with van der Waals surface area (Å²) in [4.78, 5) is 15.3. The molecule has 172 valence electrons. The monoisotopic (exact) mass is 464 g/mol. The molecule has 3 aromatic rings. The molecular formula is C27H29ClN2O3. The highest BCUT2D eigenvalue weighted by Crippen LogP contribution is 2.45. The Labute approximate surface area is 199 Å². The van der Waals surface area contributed by atoms with Gasteiger partial charge in [0.1, 0.15) is 5.75 Å². The average Bonchev–Trinajstić information content (AvgIpc) is 3.30. The molecule has 0 radical (unpaired) electrons. The van der Waals surface area contributed by atoms with E-state index in [1.165, 1.54) is 0 Å². The molecule has 1 spiro atoms. The topological polar surface area (TPSA) is 43.7 Å². The van der Waals surface area contributed by atoms with Gasteiger partial charge in [-0.3, -0.25) is 4.79 Å². The minimum absolute atomic E-state index is 0.0596. The summed E-state index contributed by atoms with van der Waals surface area (Å²) in [5, 5.41) is 0.655. The predicted octanol–water partition coefficient (Wildman–Crippen LogP) is 5.84. The van der Waals surface area contributed by atoms with Gasteiger partial charge in [-0.05, 0) is 68.3 Å². The number of hydrogen-bond donors (Lipinski definition) is 0. The lowest BCUT2D eigenvalue weighted by Crippen LogP contribution is -2.50. The first-order valence-corrected chi connectivity index (χ1v) is 11.7. The molecule has 33 heavy (non-hydrogen) atoms. The van der Waals surface area contributed by atoms with Crippen molar-refractivity contribution in [3.05, 3.63) is 82.1 Å². The minimum atomic E-state index is -0.458. The maximum absolute atomic E-state index is 13.3. The van der Waals surface area contributed by atoms with Gasteiger partial charge in [-0.15, -0.1) is 0 Å². The van der Waals surface area contributed by atoms with Crippen LogP contribution in [0.1, 0.15) is 53.9 Å². The number of likely N-dealkylation sites (tertiary alicyclic amines) is 1. The standard InChI is InChI=1S/C27H29ClN2O3/c1-18-16-19(7-9-21(18)26(2,3)32-4)25(31)29-14-11-27(12-15-29)24-6-5-13-30(24)22-10-8-20(28)17-23(22)33-27/h5-10,13,16-17H,11-12,14-15H2,1-4H3. The van der Waals surface area contributed by atoms with Gasteiger partial charge in [0.2, 0.25) is 0 Å². The maximum atomic E-state index is 13.3. The minimum Gasteiger partial charge on any atom is -0.479 e. The molecule has 1 fully saturated rings. The molecule has 6 heteroatoms. The number of methoxy groups -OCH3 is 1. The first-order chi connectivity index (χ1) is 15.7. The van der Waals surface area contributed by atoms with E-state index in [0.717, 1.165) is 41.1 Å². The number of piperidine rings is 1. The van der Waals surface area contributed by atoms with Crippen LogP contribution in [0.25, 0.3) is 5.69 Å². The number of aryl methyl sites for hydroxylation is 1. The zero-order valence-electron chi connectivity index (χ0n) is 19.5. The van der Waals surface area contributed by atoms with Gasteiger partial charge in [-0.2, -0.15) is 0 Å². The highest BCUT2D eigenvalue weighted by Gasteiger charge is 2.44. The van der Waals surface area contributed by atoms with Crippen LogP contribution in [-0.4, -0.2) is 35.6 Å². The first kappa shape index (κ1) is 22.1. The number of carbonyl (C=O) groups is 1. The third-order valence-corrected chi connectivity index (χ3v) is 7.43. The van der Waals surface area contributed by atoms with Crippen LogP contribution in [-0.2, 0) is 15.9 Å². The Morgan fingerprint density at radius 2 is 1.88 bits per heavy atom. The van der Waals surface area contributed by atoms with Crippen molar-refractivity contribution in [1.82, 2.24) is 9.47 Å². The molecule has 0 N–H and O–H groups in total. The van der Waals surface area contributed by atoms with E-state index in [1.807, 2.05) is 68.1 Å². The molecule has 0 saturated carbocycles. The van der Waals surface area contributed by atoms with Crippen LogP contribution in [0.15, 0.2) is 54.7 Å². The van der Waals surface area contributed by atoms with Gasteiger partial charge in [0.25, 0.3) is 5.91 Å². The summed E-state index contributed by atoms with van der Waals surface area (Å²) in [7, 11) is 1.71. The van der Waals surface area contributed by atoms with E-state index in [4.69, 9.17) is 21.1 Å². The fraction of sp³-hybridized carbons (Fsp3) is 0.370. The third kappa shape index (κ3) is 3.64. The number of nitrogens with zero attached hydrogens (tertiary/aromatic N) is 2. The molecule has 0 unspecified atom stereocenters. The Bertz CT molecular complexity index is 1220. The molecule has 1 saturated heterocycles. The maximum Gasteiger partial charge on any atom is 0.253 e. The molecule has 0 atom stereocenters. The molecule has 2 aliphatic heterocycles. The highest BCUT2D eigenvalue weighted by atomic mass is 35.5. The number of carbonyl (C=O) groups excluding carboxylic acids is 1. The number of fused-ring (bicyclic) bond motifs is 4. The largest absolute Gasteiger partial charge is 0.479 e. The fourth-order valence-corrected chi connectivity index (χ4v) is 5.35. The summed E-state index contributed by atoms with van der Waals surface area (Å²) >= 11 is 6.25. The number of hydrogen-bond acceptors (Lipinski definition) is 3. The number of ether oxygens (including phenoxy) is 2. The average molecular weight is 465 g/mol. The van der Waals surface area contributed by atoms with Gasteiger partial charge in [-0.1, -0.05) is 17.7 Å². The van der Waals surface area contributed by atoms with Crippen molar-refractivity contribution in [3.8, 4) is 11.4 Å². The van der Waals surface area contributed by atoms with Crippen LogP contribution >= 0.6 is 11.6 Å². The van der Waals surface area contributed by atoms with Crippen molar-refractivity contribution in [2.24, 2.45) is 0 Å². The first-order valence-electron chi connectivity index (χ1n) is 11.4. The SMILES string of the molecule is COC(C)(C)c1ccc(C(=O)N2CCC3(CC2)Oc2cc(Cl)ccc2-n2cccc23)cc1C. The molecule has 3 heterocycles. The smallest absolute Gasteiger partial charge is 0.253 e. The van der Waals surface area contributed by atoms with Crippen LogP contribution in [0.2, 0.25) is 5.02 Å². The van der Waals surface area contributed by atoms with Gasteiger partial charge >= 0.3 is 0 Å². The molecular weight excluding hydrogens is 436 g/mol. The number of amides is 1. The Kier molecular flexibility index (Phi) is 5.30. The lowest BCUT2D eigenvalue weighted by atomic mass is 9.86. The molecule has 2 aliphatic rings. The summed E-state index contributed by atoms with van der Waals surface area (Å²) in [6.45, 7) is 7.36. The van der Waals surface area contributed by atoms with Gasteiger partial charge in [-0.25, -0.2) is 0 Å². The highest BCUT2D eigenvalue weighted by molar-refractivity contribution is 6.30. The second-order valence-electron chi connectivity index (χ2n) is 9.51. The van der Waals surface area contributed by atoms with Crippen LogP contribution in [0.4, 0.5) is 0 Å². The number of aromatic nitrogens is 1. The molecule has 1 amide bonds. The Balaban J connectivity index is 1.37. The van der Waals surface area contributed by atoms with Crippen molar-refractivity contribution in [1.29, 1.82) is 0 Å². The van der Waals surface area contributed by atoms with Gasteiger partial charge in [0.05, 0.1) is 17.0 Å². The summed E-state index contributed by atoms with van der Waals surface area (Å²) in [6.07, 6.45) is 3.51. The van der Waals surface area contributed by atoms with Crippen molar-refractivity contribution in [2.45, 2.75) is 44.8 Å². The van der Waals surface area contributed by atoms with Crippen molar-refractivity contribution < 1.29 is 14.3 Å². The summed E-state index contributed by atoms with van der Waals surface area (Å²) in [5.41, 5.74) is 4.14. The van der Waals surface area contributed by atoms with Gasteiger partial charge in [0.15, 0.2) is 5.60 Å². The Hall–Kier alpha value is -2.76. The molecule has 5 nitrogen and oxygen atoms in total. The summed E-state index contributed by atoms with van der Waals surface area (Å²) < 4.78 is 14.4. The van der Waals surface area contributed by atoms with Crippen LogP contribution in [0.5, 0.6) is 5.75 Å². The van der Waals surface area contributed by atoms with E-state index in [9.17, 15) is 4.79 Å². The van der Waals surface area contributed by atoms with E-state index in [2.05, 4.69) is 16.8 Å². The van der Waals surface area contributed by atoms with E-state index < -0.39 is 11.2 Å². The summed E-state index contributed by atoms with van der Waals surface area (Å²) in [5.74, 6) is 0.849. The van der Waals surface area contributed by atoms with E-state index in [0.29, 0.717) is 23.7 Å². The summed E-state index contributed by atoms with van der Waals surface area (Å²) in [6, 6.07) is 15.8. The van der Waals surface area contributed by atoms with Gasteiger partial charge in [0, 0.05) is 55.9 Å². The quantitative estimate of drug-likeness (QED) is 0.488. The lowest BCUT2D eigenvalue weighted by molar-refractivity contribution is -0.00933. The predicted molar refractivity (Wildman–Crippen MR) is 129 cm³/mol. The number of rotatable bonds is 3. The normalized spacial score (nSPS) is 16.8. The Morgan fingerprint density at radius 3 is 2.58 bits per heavy atom. The molecule has 1 aromatic heterocycles. The fourth-order valence-electron chi connectivity index (χ4n) is 5.19. The molecule has 5 rings (SSSR count). The lowest BCUT2D eigenvalue weighted by Gasteiger charge is -2.45. The second kappa shape index (κ2) is 7.93. The van der Waals surface area contributed by atoms with Crippen molar-refractivity contribution in [3.63, 3.8) is 0 Å². The van der Waals surface area contributed by atoms with Crippen LogP contribution in [0, 0.1) is 6.92 Å². The zero-order valence-corrected chi connectivity index (χ0v) is 20.3. The number of halogens is 1. The van der Waals surface area contributed by atoms with E-state index in [1.54, 1.807) is 7.11 Å². The van der Waals surface area contributed by atoms with Gasteiger partial charge < -0.3 is 18.9 Å². The van der Waals surface area contributed by atoms with E-state index in [-0.39, 0.29) is 5.91 Å². The van der Waals surface area contributed by atoms with Crippen LogP contribution < -0.4 is 4.74 Å². The molecule has 0 aliphatic carbocycles. The zero-order chi connectivity index (χ0) is 23.4. The van der Waals surface area contributed by atoms with Crippen LogP contribution in [0.3, 0.4) is 0 Å². The number of benzene rings is 2. The molecule has 0 bridgehead atoms. The van der Waals surface area contributed by atoms with E-state index >= 15 is 0 Å². The Morgan fingerprint density at radius 1 is 1.12 bits per heavy atom. The third-order valence-electron chi connectivity index (χ3n) is 7.19.